The standard InChI is InChI=1S/C20H21ClN2O5S2/c21-16-13-15(14-17-20(16)28-11-2-10-27-17)4-5-18(24)22-6-8-23(9-7-22)30(25,26)19-3-1-12-29-19/h1,3-5,12-14H,2,6-11H2/b5-4+. The monoisotopic (exact) mass is 468 g/mol. The van der Waals surface area contributed by atoms with E-state index in [4.69, 9.17) is 21.1 Å². The van der Waals surface area contributed by atoms with Crippen molar-refractivity contribution in [3.8, 4) is 11.5 Å². The van der Waals surface area contributed by atoms with Crippen LogP contribution in [0.3, 0.4) is 0 Å². The maximum Gasteiger partial charge on any atom is 0.252 e. The van der Waals surface area contributed by atoms with Gasteiger partial charge in [0.05, 0.1) is 18.2 Å². The van der Waals surface area contributed by atoms with Crippen LogP contribution in [-0.4, -0.2) is 62.9 Å². The minimum Gasteiger partial charge on any atom is -0.489 e. The molecule has 2 aromatic rings. The molecule has 0 aliphatic carbocycles. The minimum absolute atomic E-state index is 0.175. The molecule has 10 heteroatoms. The predicted octanol–water partition coefficient (Wildman–Crippen LogP) is 3.11. The lowest BCUT2D eigenvalue weighted by molar-refractivity contribution is -0.127. The van der Waals surface area contributed by atoms with Crippen LogP contribution in [0.2, 0.25) is 5.02 Å². The molecule has 0 radical (unpaired) electrons. The smallest absolute Gasteiger partial charge is 0.252 e. The SMILES string of the molecule is O=C(/C=C/c1cc(Cl)c2c(c1)OCCCO2)N1CCN(S(=O)(=O)c2cccs2)CC1. The fraction of sp³-hybridized carbons (Fsp3) is 0.350. The zero-order valence-corrected chi connectivity index (χ0v) is 18.5. The molecule has 2 aliphatic heterocycles. The van der Waals surface area contributed by atoms with Gasteiger partial charge in [-0.2, -0.15) is 4.31 Å². The number of sulfonamides is 1. The van der Waals surface area contributed by atoms with Gasteiger partial charge in [0.1, 0.15) is 4.21 Å². The summed E-state index contributed by atoms with van der Waals surface area (Å²) in [5, 5.41) is 2.18. The van der Waals surface area contributed by atoms with E-state index in [0.717, 1.165) is 12.0 Å². The van der Waals surface area contributed by atoms with E-state index >= 15 is 0 Å². The van der Waals surface area contributed by atoms with E-state index in [1.807, 2.05) is 0 Å². The van der Waals surface area contributed by atoms with Gasteiger partial charge in [0, 0.05) is 38.7 Å². The first-order valence-corrected chi connectivity index (χ1v) is 12.2. The number of hydrogen-bond acceptors (Lipinski definition) is 6. The van der Waals surface area contributed by atoms with Crippen LogP contribution in [0.5, 0.6) is 11.5 Å². The summed E-state index contributed by atoms with van der Waals surface area (Å²) in [5.41, 5.74) is 0.733. The zero-order chi connectivity index (χ0) is 21.1. The van der Waals surface area contributed by atoms with Crippen LogP contribution in [0.4, 0.5) is 0 Å². The maximum absolute atomic E-state index is 12.6. The van der Waals surface area contributed by atoms with Gasteiger partial charge in [-0.25, -0.2) is 8.42 Å². The Morgan fingerprint density at radius 3 is 2.63 bits per heavy atom. The Balaban J connectivity index is 1.39. The summed E-state index contributed by atoms with van der Waals surface area (Å²) in [6.07, 6.45) is 3.93. The fourth-order valence-electron chi connectivity index (χ4n) is 3.31. The summed E-state index contributed by atoms with van der Waals surface area (Å²) >= 11 is 7.49. The number of piperazine rings is 1. The molecule has 30 heavy (non-hydrogen) atoms. The molecular formula is C20H21ClN2O5S2. The van der Waals surface area contributed by atoms with Crippen molar-refractivity contribution < 1.29 is 22.7 Å². The molecule has 1 fully saturated rings. The van der Waals surface area contributed by atoms with Crippen LogP contribution in [-0.2, 0) is 14.8 Å². The molecule has 1 amide bonds. The number of rotatable bonds is 4. The van der Waals surface area contributed by atoms with E-state index in [1.54, 1.807) is 40.6 Å². The predicted molar refractivity (Wildman–Crippen MR) is 116 cm³/mol. The highest BCUT2D eigenvalue weighted by Gasteiger charge is 2.30. The summed E-state index contributed by atoms with van der Waals surface area (Å²) in [5.74, 6) is 0.923. The van der Waals surface area contributed by atoms with E-state index in [2.05, 4.69) is 0 Å². The Labute approximate surface area is 184 Å². The van der Waals surface area contributed by atoms with E-state index < -0.39 is 10.0 Å². The van der Waals surface area contributed by atoms with E-state index in [9.17, 15) is 13.2 Å². The van der Waals surface area contributed by atoms with Gasteiger partial charge in [0.15, 0.2) is 11.5 Å². The number of amides is 1. The van der Waals surface area contributed by atoms with Crippen molar-refractivity contribution in [2.45, 2.75) is 10.6 Å². The Kier molecular flexibility index (Phi) is 6.33. The molecule has 2 aliphatic rings. The quantitative estimate of drug-likeness (QED) is 0.644. The third kappa shape index (κ3) is 4.49. The molecular weight excluding hydrogens is 448 g/mol. The lowest BCUT2D eigenvalue weighted by Crippen LogP contribution is -2.50. The fourth-order valence-corrected chi connectivity index (χ4v) is 6.15. The number of nitrogens with zero attached hydrogens (tertiary/aromatic N) is 2. The van der Waals surface area contributed by atoms with Crippen LogP contribution in [0.1, 0.15) is 12.0 Å². The molecule has 1 aromatic heterocycles. The van der Waals surface area contributed by atoms with Crippen molar-refractivity contribution in [3.05, 3.63) is 46.3 Å². The number of thiophene rings is 1. The maximum atomic E-state index is 12.6. The number of fused-ring (bicyclic) bond motifs is 1. The summed E-state index contributed by atoms with van der Waals surface area (Å²) < 4.78 is 38.2. The largest absolute Gasteiger partial charge is 0.489 e. The molecule has 7 nitrogen and oxygen atoms in total. The van der Waals surface area contributed by atoms with Gasteiger partial charge in [0.2, 0.25) is 5.91 Å². The number of halogens is 1. The second-order valence-electron chi connectivity index (χ2n) is 6.88. The van der Waals surface area contributed by atoms with Crippen molar-refractivity contribution in [2.75, 3.05) is 39.4 Å². The molecule has 3 heterocycles. The molecule has 0 atom stereocenters. The van der Waals surface area contributed by atoms with Crippen LogP contribution in [0.15, 0.2) is 39.9 Å². The van der Waals surface area contributed by atoms with Crippen LogP contribution >= 0.6 is 22.9 Å². The van der Waals surface area contributed by atoms with Crippen molar-refractivity contribution >= 4 is 44.9 Å². The molecule has 0 N–H and O–H groups in total. The number of benzene rings is 1. The van der Waals surface area contributed by atoms with E-state index in [0.29, 0.717) is 47.0 Å². The van der Waals surface area contributed by atoms with Gasteiger partial charge < -0.3 is 14.4 Å². The number of carbonyl (C=O) groups excluding carboxylic acids is 1. The van der Waals surface area contributed by atoms with Gasteiger partial charge in [-0.15, -0.1) is 11.3 Å². The summed E-state index contributed by atoms with van der Waals surface area (Å²) in [6.45, 7) is 2.33. The Bertz CT molecular complexity index is 1050. The molecule has 0 unspecified atom stereocenters. The Morgan fingerprint density at radius 1 is 1.13 bits per heavy atom. The third-order valence-corrected chi connectivity index (χ3v) is 8.43. The van der Waals surface area contributed by atoms with Gasteiger partial charge >= 0.3 is 0 Å². The molecule has 1 saturated heterocycles. The molecule has 0 bridgehead atoms. The van der Waals surface area contributed by atoms with E-state index in [-0.39, 0.29) is 19.0 Å². The third-order valence-electron chi connectivity index (χ3n) is 4.88. The molecule has 0 saturated carbocycles. The molecule has 4 rings (SSSR count). The summed E-state index contributed by atoms with van der Waals surface area (Å²) in [4.78, 5) is 14.2. The second-order valence-corrected chi connectivity index (χ2v) is 10.4. The number of carbonyl (C=O) groups is 1. The first-order valence-electron chi connectivity index (χ1n) is 9.55. The van der Waals surface area contributed by atoms with Crippen LogP contribution in [0.25, 0.3) is 6.08 Å². The van der Waals surface area contributed by atoms with Crippen molar-refractivity contribution in [1.82, 2.24) is 9.21 Å². The van der Waals surface area contributed by atoms with Crippen LogP contribution in [0, 0.1) is 0 Å². The highest BCUT2D eigenvalue weighted by molar-refractivity contribution is 7.91. The second kappa shape index (κ2) is 8.97. The highest BCUT2D eigenvalue weighted by Crippen LogP contribution is 2.38. The van der Waals surface area contributed by atoms with Crippen molar-refractivity contribution in [1.29, 1.82) is 0 Å². The topological polar surface area (TPSA) is 76.2 Å². The molecule has 1 aromatic carbocycles. The van der Waals surface area contributed by atoms with Gasteiger partial charge in [-0.1, -0.05) is 17.7 Å². The average Bonchev–Trinajstić information content (AvgIpc) is 3.19. The lowest BCUT2D eigenvalue weighted by Gasteiger charge is -2.33. The minimum atomic E-state index is -3.48. The van der Waals surface area contributed by atoms with Crippen LogP contribution < -0.4 is 9.47 Å². The summed E-state index contributed by atoms with van der Waals surface area (Å²) in [6, 6.07) is 6.83. The summed E-state index contributed by atoms with van der Waals surface area (Å²) in [7, 11) is -3.48. The highest BCUT2D eigenvalue weighted by atomic mass is 35.5. The Hall–Kier alpha value is -2.07. The Morgan fingerprint density at radius 2 is 1.90 bits per heavy atom. The normalized spacial score (nSPS) is 17.8. The molecule has 0 spiro atoms. The first kappa shape index (κ1) is 21.2. The zero-order valence-electron chi connectivity index (χ0n) is 16.1. The van der Waals surface area contributed by atoms with Crippen molar-refractivity contribution in [2.24, 2.45) is 0 Å². The number of ether oxygens (including phenoxy) is 2. The first-order chi connectivity index (χ1) is 14.4. The lowest BCUT2D eigenvalue weighted by atomic mass is 10.1. The van der Waals surface area contributed by atoms with Gasteiger partial charge in [0.25, 0.3) is 10.0 Å². The van der Waals surface area contributed by atoms with Crippen molar-refractivity contribution in [3.63, 3.8) is 0 Å². The van der Waals surface area contributed by atoms with E-state index in [1.165, 1.54) is 21.7 Å². The molecule has 160 valence electrons. The number of hydrogen-bond donors (Lipinski definition) is 0. The van der Waals surface area contributed by atoms with Gasteiger partial charge in [-0.05, 0) is 35.2 Å². The average molecular weight is 469 g/mol. The van der Waals surface area contributed by atoms with Gasteiger partial charge in [-0.3, -0.25) is 4.79 Å².